The van der Waals surface area contributed by atoms with Crippen LogP contribution in [0.4, 0.5) is 0 Å². The van der Waals surface area contributed by atoms with Gasteiger partial charge in [-0.2, -0.15) is 4.98 Å². The lowest BCUT2D eigenvalue weighted by molar-refractivity contribution is 0.137. The number of hydrogen-bond donors (Lipinski definition) is 1. The number of halogens is 1. The average Bonchev–Trinajstić information content (AvgIpc) is 2.88. The summed E-state index contributed by atoms with van der Waals surface area (Å²) in [5.74, 6) is 1.91. The van der Waals surface area contributed by atoms with Crippen LogP contribution in [0.15, 0.2) is 4.52 Å². The number of rotatable bonds is 6. The van der Waals surface area contributed by atoms with E-state index in [1.807, 2.05) is 0 Å². The summed E-state index contributed by atoms with van der Waals surface area (Å²) >= 11 is 0. The van der Waals surface area contributed by atoms with Gasteiger partial charge in [0.2, 0.25) is 5.89 Å². The molecule has 2 rings (SSSR count). The summed E-state index contributed by atoms with van der Waals surface area (Å²) < 4.78 is 5.38. The zero-order valence-corrected chi connectivity index (χ0v) is 13.6. The van der Waals surface area contributed by atoms with Crippen LogP contribution in [0, 0.1) is 0 Å². The molecule has 0 amide bonds. The molecule has 0 atom stereocenters. The fourth-order valence-corrected chi connectivity index (χ4v) is 2.59. The Labute approximate surface area is 127 Å². The first-order chi connectivity index (χ1) is 9.20. The van der Waals surface area contributed by atoms with E-state index in [1.54, 1.807) is 0 Å². The monoisotopic (exact) mass is 302 g/mol. The van der Waals surface area contributed by atoms with Crippen molar-refractivity contribution in [3.05, 3.63) is 11.7 Å². The molecule has 1 aromatic rings. The molecule has 1 saturated heterocycles. The van der Waals surface area contributed by atoms with E-state index >= 15 is 0 Å². The molecule has 116 valence electrons. The van der Waals surface area contributed by atoms with Crippen molar-refractivity contribution in [1.29, 1.82) is 0 Å². The lowest BCUT2D eigenvalue weighted by Gasteiger charge is -2.33. The predicted octanol–water partition coefficient (Wildman–Crippen LogP) is 2.58. The molecule has 2 heterocycles. The largest absolute Gasteiger partial charge is 0.338 e. The smallest absolute Gasteiger partial charge is 0.240 e. The zero-order chi connectivity index (χ0) is 13.7. The first-order valence-electron chi connectivity index (χ1n) is 7.48. The topological polar surface area (TPSA) is 54.2 Å². The fourth-order valence-electron chi connectivity index (χ4n) is 2.59. The van der Waals surface area contributed by atoms with E-state index in [9.17, 15) is 0 Å². The summed E-state index contributed by atoms with van der Waals surface area (Å²) in [4.78, 5) is 6.99. The van der Waals surface area contributed by atoms with Gasteiger partial charge in [0.25, 0.3) is 0 Å². The van der Waals surface area contributed by atoms with E-state index in [-0.39, 0.29) is 12.4 Å². The predicted molar refractivity (Wildman–Crippen MR) is 82.2 cm³/mol. The first kappa shape index (κ1) is 17.4. The Morgan fingerprint density at radius 2 is 2.05 bits per heavy atom. The van der Waals surface area contributed by atoms with E-state index in [1.165, 1.54) is 12.8 Å². The number of piperidine rings is 1. The fraction of sp³-hybridized carbons (Fsp3) is 0.857. The Bertz CT molecular complexity index is 377. The summed E-state index contributed by atoms with van der Waals surface area (Å²) in [5.41, 5.74) is 0. The molecule has 20 heavy (non-hydrogen) atoms. The van der Waals surface area contributed by atoms with Gasteiger partial charge < -0.3 is 9.84 Å². The van der Waals surface area contributed by atoms with Crippen molar-refractivity contribution < 1.29 is 4.52 Å². The highest BCUT2D eigenvalue weighted by molar-refractivity contribution is 5.85. The van der Waals surface area contributed by atoms with Crippen molar-refractivity contribution in [3.8, 4) is 0 Å². The lowest BCUT2D eigenvalue weighted by Crippen LogP contribution is -2.43. The normalized spacial score (nSPS) is 16.6. The van der Waals surface area contributed by atoms with Gasteiger partial charge in [-0.15, -0.1) is 12.4 Å². The molecule has 6 heteroatoms. The first-order valence-corrected chi connectivity index (χ1v) is 7.48. The molecule has 0 bridgehead atoms. The van der Waals surface area contributed by atoms with Crippen molar-refractivity contribution in [3.63, 3.8) is 0 Å². The van der Waals surface area contributed by atoms with Crippen LogP contribution < -0.4 is 5.32 Å². The lowest BCUT2D eigenvalue weighted by atomic mass is 10.0. The maximum absolute atomic E-state index is 5.38. The van der Waals surface area contributed by atoms with E-state index in [2.05, 4.69) is 41.1 Å². The second-order valence-corrected chi connectivity index (χ2v) is 5.65. The molecule has 0 radical (unpaired) electrons. The second-order valence-electron chi connectivity index (χ2n) is 5.65. The molecule has 0 aromatic carbocycles. The Morgan fingerprint density at radius 1 is 1.35 bits per heavy atom. The van der Waals surface area contributed by atoms with Crippen LogP contribution in [0.5, 0.6) is 0 Å². The minimum absolute atomic E-state index is 0. The average molecular weight is 303 g/mol. The van der Waals surface area contributed by atoms with Crippen LogP contribution in [0.3, 0.4) is 0 Å². The molecule has 1 aliphatic heterocycles. The van der Waals surface area contributed by atoms with E-state index < -0.39 is 0 Å². The van der Waals surface area contributed by atoms with E-state index in [0.29, 0.717) is 12.0 Å². The highest BCUT2D eigenvalue weighted by atomic mass is 35.5. The van der Waals surface area contributed by atoms with Gasteiger partial charge in [0.05, 0.1) is 6.54 Å². The molecule has 0 saturated carbocycles. The van der Waals surface area contributed by atoms with Crippen LogP contribution in [0.1, 0.15) is 57.7 Å². The van der Waals surface area contributed by atoms with Crippen LogP contribution in [0.2, 0.25) is 0 Å². The Kier molecular flexibility index (Phi) is 7.48. The molecule has 0 aliphatic carbocycles. The molecular formula is C14H27ClN4O. The number of hydrogen-bond acceptors (Lipinski definition) is 5. The maximum Gasteiger partial charge on any atom is 0.240 e. The molecule has 1 fully saturated rings. The van der Waals surface area contributed by atoms with Crippen molar-refractivity contribution >= 4 is 12.4 Å². The molecular weight excluding hydrogens is 276 g/mol. The zero-order valence-electron chi connectivity index (χ0n) is 12.8. The third-order valence-electron chi connectivity index (χ3n) is 3.67. The standard InChI is InChI=1S/C14H26N4O.ClH/c1-4-9-18(12-5-7-15-8-6-12)10-13-16-14(11(2)3)17-19-13;/h11-12,15H,4-10H2,1-3H3;1H. The van der Waals surface area contributed by atoms with Crippen LogP contribution in [0.25, 0.3) is 0 Å². The van der Waals surface area contributed by atoms with Gasteiger partial charge in [0, 0.05) is 12.0 Å². The molecule has 1 aromatic heterocycles. The molecule has 0 unspecified atom stereocenters. The van der Waals surface area contributed by atoms with Crippen molar-refractivity contribution in [2.45, 2.75) is 58.5 Å². The van der Waals surface area contributed by atoms with Gasteiger partial charge in [-0.05, 0) is 38.9 Å². The van der Waals surface area contributed by atoms with E-state index in [0.717, 1.165) is 44.3 Å². The quantitative estimate of drug-likeness (QED) is 0.875. The maximum atomic E-state index is 5.38. The SMILES string of the molecule is CCCN(Cc1nc(C(C)C)no1)C1CCNCC1.Cl. The summed E-state index contributed by atoms with van der Waals surface area (Å²) in [6.07, 6.45) is 3.59. The summed E-state index contributed by atoms with van der Waals surface area (Å²) in [6, 6.07) is 0.649. The van der Waals surface area contributed by atoms with Crippen molar-refractivity contribution in [2.75, 3.05) is 19.6 Å². The van der Waals surface area contributed by atoms with Gasteiger partial charge in [-0.1, -0.05) is 25.9 Å². The third kappa shape index (κ3) is 4.72. The van der Waals surface area contributed by atoms with Crippen molar-refractivity contribution in [2.24, 2.45) is 0 Å². The van der Waals surface area contributed by atoms with Gasteiger partial charge in [0.15, 0.2) is 5.82 Å². The number of nitrogens with zero attached hydrogens (tertiary/aromatic N) is 3. The highest BCUT2D eigenvalue weighted by Crippen LogP contribution is 2.17. The Hall–Kier alpha value is -0.650. The number of aromatic nitrogens is 2. The van der Waals surface area contributed by atoms with Gasteiger partial charge in [-0.25, -0.2) is 0 Å². The second kappa shape index (κ2) is 8.60. The Balaban J connectivity index is 0.00000200. The van der Waals surface area contributed by atoms with Crippen LogP contribution >= 0.6 is 12.4 Å². The summed E-state index contributed by atoms with van der Waals surface area (Å²) in [6.45, 7) is 10.5. The van der Waals surface area contributed by atoms with Crippen LogP contribution in [-0.4, -0.2) is 40.7 Å². The molecule has 0 spiro atoms. The molecule has 5 nitrogen and oxygen atoms in total. The van der Waals surface area contributed by atoms with Crippen LogP contribution in [-0.2, 0) is 6.54 Å². The number of nitrogens with one attached hydrogen (secondary N) is 1. The minimum Gasteiger partial charge on any atom is -0.338 e. The highest BCUT2D eigenvalue weighted by Gasteiger charge is 2.22. The molecule has 1 aliphatic rings. The Morgan fingerprint density at radius 3 is 2.60 bits per heavy atom. The molecule has 1 N–H and O–H groups in total. The third-order valence-corrected chi connectivity index (χ3v) is 3.67. The minimum atomic E-state index is 0. The summed E-state index contributed by atoms with van der Waals surface area (Å²) in [7, 11) is 0. The van der Waals surface area contributed by atoms with Gasteiger partial charge in [-0.3, -0.25) is 4.90 Å². The van der Waals surface area contributed by atoms with Crippen molar-refractivity contribution in [1.82, 2.24) is 20.4 Å². The summed E-state index contributed by atoms with van der Waals surface area (Å²) in [5, 5.41) is 7.47. The van der Waals surface area contributed by atoms with Gasteiger partial charge in [0.1, 0.15) is 0 Å². The van der Waals surface area contributed by atoms with Gasteiger partial charge >= 0.3 is 0 Å². The van der Waals surface area contributed by atoms with E-state index in [4.69, 9.17) is 4.52 Å².